The smallest absolute Gasteiger partial charge is 0.254 e. The highest BCUT2D eigenvalue weighted by Gasteiger charge is 2.16. The Morgan fingerprint density at radius 3 is 2.65 bits per heavy atom. The van der Waals surface area contributed by atoms with Gasteiger partial charge in [0.25, 0.3) is 5.91 Å². The zero-order valence-electron chi connectivity index (χ0n) is 17.5. The first-order valence-corrected chi connectivity index (χ1v) is 13.5. The molecule has 31 heavy (non-hydrogen) atoms. The Labute approximate surface area is 192 Å². The van der Waals surface area contributed by atoms with Gasteiger partial charge in [0.2, 0.25) is 0 Å². The summed E-state index contributed by atoms with van der Waals surface area (Å²) >= 11 is 3.38. The number of carbonyl (C=O) groups excluding carboxylic acids is 1. The van der Waals surface area contributed by atoms with Crippen LogP contribution in [0.4, 0.5) is 0 Å². The summed E-state index contributed by atoms with van der Waals surface area (Å²) in [6, 6.07) is 18.3. The maximum Gasteiger partial charge on any atom is 0.254 e. The van der Waals surface area contributed by atoms with Gasteiger partial charge >= 0.3 is 0 Å². The minimum absolute atomic E-state index is 0.0200. The predicted octanol–water partition coefficient (Wildman–Crippen LogP) is 4.99. The lowest BCUT2D eigenvalue weighted by Gasteiger charge is -2.19. The summed E-state index contributed by atoms with van der Waals surface area (Å²) in [6.45, 7) is 0.925. The number of benzene rings is 2. The molecule has 0 saturated heterocycles. The van der Waals surface area contributed by atoms with Crippen LogP contribution < -0.4 is 4.74 Å². The third-order valence-electron chi connectivity index (χ3n) is 4.55. The minimum atomic E-state index is -3.27. The zero-order valence-corrected chi connectivity index (χ0v) is 19.9. The zero-order chi connectivity index (χ0) is 22.3. The summed E-state index contributed by atoms with van der Waals surface area (Å²) in [5, 5.41) is 2.06. The summed E-state index contributed by atoms with van der Waals surface area (Å²) in [6.07, 6.45) is 1.80. The van der Waals surface area contributed by atoms with Crippen molar-refractivity contribution in [2.45, 2.75) is 22.0 Å². The maximum absolute atomic E-state index is 13.0. The van der Waals surface area contributed by atoms with Gasteiger partial charge in [-0.15, -0.1) is 23.1 Å². The van der Waals surface area contributed by atoms with Gasteiger partial charge in [-0.3, -0.25) is 4.79 Å². The summed E-state index contributed by atoms with van der Waals surface area (Å²) in [7, 11) is -1.48. The first kappa shape index (κ1) is 23.4. The molecule has 0 aliphatic heterocycles. The van der Waals surface area contributed by atoms with E-state index in [0.29, 0.717) is 30.9 Å². The van der Waals surface area contributed by atoms with Gasteiger partial charge in [0, 0.05) is 35.4 Å². The first-order chi connectivity index (χ1) is 14.8. The van der Waals surface area contributed by atoms with Crippen molar-refractivity contribution in [1.29, 1.82) is 0 Å². The Morgan fingerprint density at radius 1 is 1.10 bits per heavy atom. The average molecular weight is 476 g/mol. The number of thiophene rings is 1. The summed E-state index contributed by atoms with van der Waals surface area (Å²) in [5.41, 5.74) is 0.702. The number of ether oxygens (including phenoxy) is 1. The predicted molar refractivity (Wildman–Crippen MR) is 127 cm³/mol. The number of amides is 1. The lowest BCUT2D eigenvalue weighted by atomic mass is 10.2. The van der Waals surface area contributed by atoms with Crippen molar-refractivity contribution in [1.82, 2.24) is 4.90 Å². The lowest BCUT2D eigenvalue weighted by molar-refractivity contribution is 0.0784. The fraction of sp³-hybridized carbons (Fsp3) is 0.261. The van der Waals surface area contributed by atoms with E-state index in [1.807, 2.05) is 30.3 Å². The number of hydrogen-bond acceptors (Lipinski definition) is 6. The van der Waals surface area contributed by atoms with Crippen LogP contribution in [0, 0.1) is 0 Å². The average Bonchev–Trinajstić information content (AvgIpc) is 3.28. The van der Waals surface area contributed by atoms with Crippen molar-refractivity contribution in [2.24, 2.45) is 0 Å². The van der Waals surface area contributed by atoms with E-state index < -0.39 is 9.84 Å². The van der Waals surface area contributed by atoms with E-state index in [1.165, 1.54) is 17.2 Å². The second kappa shape index (κ2) is 10.8. The summed E-state index contributed by atoms with van der Waals surface area (Å²) in [5.74, 6) is 1.33. The van der Waals surface area contributed by atoms with E-state index >= 15 is 0 Å². The third kappa shape index (κ3) is 6.85. The molecule has 0 unspecified atom stereocenters. The normalized spacial score (nSPS) is 11.3. The molecule has 1 aromatic heterocycles. The molecule has 0 saturated carbocycles. The van der Waals surface area contributed by atoms with Crippen molar-refractivity contribution < 1.29 is 17.9 Å². The Bertz CT molecular complexity index is 1110. The molecule has 0 fully saturated rings. The van der Waals surface area contributed by atoms with Crippen LogP contribution in [0.25, 0.3) is 0 Å². The third-order valence-corrected chi connectivity index (χ3v) is 7.85. The fourth-order valence-corrected chi connectivity index (χ4v) is 5.38. The lowest BCUT2D eigenvalue weighted by Crippen LogP contribution is -2.29. The summed E-state index contributed by atoms with van der Waals surface area (Å²) < 4.78 is 29.0. The van der Waals surface area contributed by atoms with E-state index in [1.54, 1.807) is 53.2 Å². The monoisotopic (exact) mass is 475 g/mol. The van der Waals surface area contributed by atoms with Crippen LogP contribution >= 0.6 is 23.1 Å². The molecular formula is C23H25NO4S3. The molecule has 3 rings (SSSR count). The van der Waals surface area contributed by atoms with Crippen LogP contribution in [-0.2, 0) is 15.6 Å². The number of hydrogen-bond donors (Lipinski definition) is 0. The molecule has 0 aliphatic carbocycles. The Hall–Kier alpha value is -2.29. The number of thioether (sulfide) groups is 1. The van der Waals surface area contributed by atoms with Crippen LogP contribution in [0.15, 0.2) is 75.8 Å². The van der Waals surface area contributed by atoms with Crippen molar-refractivity contribution >= 4 is 38.8 Å². The van der Waals surface area contributed by atoms with Crippen LogP contribution in [0.5, 0.6) is 5.75 Å². The van der Waals surface area contributed by atoms with Crippen molar-refractivity contribution in [3.63, 3.8) is 0 Å². The topological polar surface area (TPSA) is 63.7 Å². The van der Waals surface area contributed by atoms with E-state index in [0.717, 1.165) is 10.6 Å². The van der Waals surface area contributed by atoms with E-state index in [-0.39, 0.29) is 10.8 Å². The molecule has 8 heteroatoms. The van der Waals surface area contributed by atoms with E-state index in [4.69, 9.17) is 4.74 Å². The van der Waals surface area contributed by atoms with Gasteiger partial charge in [0.05, 0.1) is 17.1 Å². The Morgan fingerprint density at radius 2 is 1.90 bits per heavy atom. The molecule has 2 aromatic carbocycles. The van der Waals surface area contributed by atoms with Gasteiger partial charge in [-0.25, -0.2) is 8.42 Å². The van der Waals surface area contributed by atoms with Gasteiger partial charge in [0.15, 0.2) is 9.84 Å². The molecular weight excluding hydrogens is 450 g/mol. The second-order valence-electron chi connectivity index (χ2n) is 7.04. The van der Waals surface area contributed by atoms with Crippen LogP contribution in [0.2, 0.25) is 0 Å². The molecule has 1 amide bonds. The fourth-order valence-electron chi connectivity index (χ4n) is 2.91. The molecule has 0 bridgehead atoms. The first-order valence-electron chi connectivity index (χ1n) is 9.77. The highest BCUT2D eigenvalue weighted by Crippen LogP contribution is 2.28. The number of carbonyl (C=O) groups is 1. The highest BCUT2D eigenvalue weighted by atomic mass is 32.2. The molecule has 0 radical (unpaired) electrons. The Balaban J connectivity index is 1.52. The van der Waals surface area contributed by atoms with E-state index in [2.05, 4.69) is 11.4 Å². The summed E-state index contributed by atoms with van der Waals surface area (Å²) in [4.78, 5) is 17.1. The molecule has 0 N–H and O–H groups in total. The van der Waals surface area contributed by atoms with Gasteiger partial charge < -0.3 is 9.64 Å². The van der Waals surface area contributed by atoms with Crippen LogP contribution in [0.1, 0.15) is 21.7 Å². The molecule has 0 spiro atoms. The quantitative estimate of drug-likeness (QED) is 0.305. The van der Waals surface area contributed by atoms with Gasteiger partial charge in [-0.2, -0.15) is 0 Å². The van der Waals surface area contributed by atoms with Crippen LogP contribution in [-0.4, -0.2) is 45.7 Å². The minimum Gasteiger partial charge on any atom is -0.493 e. The molecule has 5 nitrogen and oxygen atoms in total. The van der Waals surface area contributed by atoms with Gasteiger partial charge in [-0.05, 0) is 48.2 Å². The number of nitrogens with zero attached hydrogens (tertiary/aromatic N) is 1. The van der Waals surface area contributed by atoms with Crippen molar-refractivity contribution in [3.8, 4) is 5.75 Å². The maximum atomic E-state index is 13.0. The van der Waals surface area contributed by atoms with Crippen LogP contribution in [0.3, 0.4) is 0 Å². The van der Waals surface area contributed by atoms with Crippen molar-refractivity contribution in [2.75, 3.05) is 26.5 Å². The standard InChI is InChI=1S/C23H25NO4S3/c1-24(13-7-14-28-18-8-5-10-20(16-18)31(2,26)27)23(25)21-11-3-4-12-22(21)30-17-19-9-6-15-29-19/h3-6,8-12,15-16H,7,13-14,17H2,1-2H3. The van der Waals surface area contributed by atoms with E-state index in [9.17, 15) is 13.2 Å². The second-order valence-corrected chi connectivity index (χ2v) is 11.1. The Kier molecular flexibility index (Phi) is 8.17. The highest BCUT2D eigenvalue weighted by molar-refractivity contribution is 7.98. The molecule has 164 valence electrons. The van der Waals surface area contributed by atoms with Gasteiger partial charge in [0.1, 0.15) is 5.75 Å². The largest absolute Gasteiger partial charge is 0.493 e. The molecule has 0 atom stereocenters. The number of rotatable bonds is 10. The molecule has 0 aliphatic rings. The molecule has 3 aromatic rings. The molecule has 1 heterocycles. The SMILES string of the molecule is CN(CCCOc1cccc(S(C)(=O)=O)c1)C(=O)c1ccccc1SCc1cccs1. The van der Waals surface area contributed by atoms with Crippen molar-refractivity contribution in [3.05, 3.63) is 76.5 Å². The number of sulfone groups is 1. The van der Waals surface area contributed by atoms with Gasteiger partial charge in [-0.1, -0.05) is 24.3 Å².